The summed E-state index contributed by atoms with van der Waals surface area (Å²) in [6.07, 6.45) is 1.77. The highest BCUT2D eigenvalue weighted by molar-refractivity contribution is 7.07. The van der Waals surface area contributed by atoms with Gasteiger partial charge in [0.25, 0.3) is 5.56 Å². The van der Waals surface area contributed by atoms with Gasteiger partial charge >= 0.3 is 5.97 Å². The zero-order valence-corrected chi connectivity index (χ0v) is 23.1. The van der Waals surface area contributed by atoms with Gasteiger partial charge in [-0.3, -0.25) is 9.36 Å². The summed E-state index contributed by atoms with van der Waals surface area (Å²) < 4.78 is 37.6. The Morgan fingerprint density at radius 3 is 2.61 bits per heavy atom. The number of halogens is 1. The van der Waals surface area contributed by atoms with Gasteiger partial charge in [-0.25, -0.2) is 14.2 Å². The van der Waals surface area contributed by atoms with Gasteiger partial charge in [0.1, 0.15) is 18.2 Å². The summed E-state index contributed by atoms with van der Waals surface area (Å²) in [7, 11) is 0. The molecule has 6 rings (SSSR count). The molecule has 208 valence electrons. The number of carbonyl (C=O) groups is 1. The van der Waals surface area contributed by atoms with Crippen LogP contribution in [0.3, 0.4) is 0 Å². The number of carbonyl (C=O) groups excluding carboxylic acids is 1. The van der Waals surface area contributed by atoms with E-state index in [2.05, 4.69) is 4.99 Å². The summed E-state index contributed by atoms with van der Waals surface area (Å²) in [5.41, 5.74) is 2.73. The highest BCUT2D eigenvalue weighted by Crippen LogP contribution is 2.33. The van der Waals surface area contributed by atoms with Gasteiger partial charge in [0.15, 0.2) is 16.3 Å². The minimum atomic E-state index is -0.792. The predicted molar refractivity (Wildman–Crippen MR) is 150 cm³/mol. The van der Waals surface area contributed by atoms with E-state index in [4.69, 9.17) is 18.9 Å². The Bertz CT molecular complexity index is 1840. The Labute approximate surface area is 238 Å². The maximum absolute atomic E-state index is 13.7. The SMILES string of the molecule is CCOC(=O)C1=C(C)N=c2s/c(=C\c3ccc(OCc4ccc5c(c4)OCO5)cc3)c(=O)n2[C@H]1c1ccc(F)cc1. The number of hydrogen-bond donors (Lipinski definition) is 0. The number of benzene rings is 3. The fourth-order valence-electron chi connectivity index (χ4n) is 4.76. The third-order valence-corrected chi connectivity index (χ3v) is 7.71. The summed E-state index contributed by atoms with van der Waals surface area (Å²) in [6.45, 7) is 4.18. The van der Waals surface area contributed by atoms with E-state index in [1.807, 2.05) is 42.5 Å². The van der Waals surface area contributed by atoms with Gasteiger partial charge < -0.3 is 18.9 Å². The van der Waals surface area contributed by atoms with Gasteiger partial charge in [-0.2, -0.15) is 0 Å². The maximum Gasteiger partial charge on any atom is 0.338 e. The van der Waals surface area contributed by atoms with Crippen molar-refractivity contribution >= 4 is 23.4 Å². The first-order chi connectivity index (χ1) is 19.9. The van der Waals surface area contributed by atoms with Crippen LogP contribution >= 0.6 is 11.3 Å². The predicted octanol–water partition coefficient (Wildman–Crippen LogP) is 4.25. The monoisotopic (exact) mass is 572 g/mol. The topological polar surface area (TPSA) is 88.4 Å². The average molecular weight is 573 g/mol. The number of fused-ring (bicyclic) bond motifs is 2. The van der Waals surface area contributed by atoms with Crippen LogP contribution in [0.1, 0.15) is 36.6 Å². The highest BCUT2D eigenvalue weighted by atomic mass is 32.1. The van der Waals surface area contributed by atoms with Crippen molar-refractivity contribution in [2.75, 3.05) is 13.4 Å². The fraction of sp³-hybridized carbons (Fsp3) is 0.194. The van der Waals surface area contributed by atoms with Gasteiger partial charge in [-0.15, -0.1) is 0 Å². The molecule has 10 heteroatoms. The second-order valence-corrected chi connectivity index (χ2v) is 10.4. The largest absolute Gasteiger partial charge is 0.489 e. The molecule has 0 fully saturated rings. The second kappa shape index (κ2) is 11.1. The molecule has 8 nitrogen and oxygen atoms in total. The molecular formula is C31H25FN2O6S. The van der Waals surface area contributed by atoms with E-state index in [9.17, 15) is 14.0 Å². The van der Waals surface area contributed by atoms with Crippen molar-refractivity contribution in [2.24, 2.45) is 4.99 Å². The van der Waals surface area contributed by atoms with Gasteiger partial charge in [0.2, 0.25) is 6.79 Å². The maximum atomic E-state index is 13.7. The zero-order valence-electron chi connectivity index (χ0n) is 22.3. The molecular weight excluding hydrogens is 547 g/mol. The van der Waals surface area contributed by atoms with Crippen LogP contribution in [0.15, 0.2) is 87.8 Å². The van der Waals surface area contributed by atoms with Gasteiger partial charge in [-0.05, 0) is 73.0 Å². The summed E-state index contributed by atoms with van der Waals surface area (Å²) in [5.74, 6) is 1.12. The van der Waals surface area contributed by atoms with Crippen LogP contribution in [0.4, 0.5) is 4.39 Å². The molecule has 0 bridgehead atoms. The van der Waals surface area contributed by atoms with Crippen molar-refractivity contribution in [1.82, 2.24) is 4.57 Å². The Morgan fingerprint density at radius 2 is 1.85 bits per heavy atom. The molecule has 0 saturated heterocycles. The van der Waals surface area contributed by atoms with Gasteiger partial charge in [0.05, 0.1) is 28.5 Å². The molecule has 0 spiro atoms. The van der Waals surface area contributed by atoms with Crippen LogP contribution in [-0.4, -0.2) is 23.9 Å². The number of hydrogen-bond acceptors (Lipinski definition) is 8. The lowest BCUT2D eigenvalue weighted by Gasteiger charge is -2.24. The summed E-state index contributed by atoms with van der Waals surface area (Å²) in [6, 6.07) is 18.0. The molecule has 4 aromatic rings. The Kier molecular flexibility index (Phi) is 7.15. The first kappa shape index (κ1) is 26.5. The van der Waals surface area contributed by atoms with E-state index < -0.39 is 17.8 Å². The molecule has 0 radical (unpaired) electrons. The van der Waals surface area contributed by atoms with Crippen molar-refractivity contribution in [1.29, 1.82) is 0 Å². The third-order valence-electron chi connectivity index (χ3n) is 6.72. The number of aromatic nitrogens is 1. The molecule has 0 amide bonds. The number of ether oxygens (including phenoxy) is 4. The number of rotatable bonds is 7. The molecule has 0 aliphatic carbocycles. The standard InChI is InChI=1S/C31H25FN2O6S/c1-3-37-30(36)27-18(2)33-31-34(28(27)21-7-9-22(32)10-8-21)29(35)26(41-31)15-19-4-11-23(12-5-19)38-16-20-6-13-24-25(14-20)40-17-39-24/h4-15,28H,3,16-17H2,1-2H3/b26-15-/t28-/m0/s1. The van der Waals surface area contributed by atoms with Crippen molar-refractivity contribution in [3.05, 3.63) is 120 Å². The van der Waals surface area contributed by atoms with Crippen molar-refractivity contribution in [3.8, 4) is 17.2 Å². The average Bonchev–Trinajstić information content (AvgIpc) is 3.56. The molecule has 0 N–H and O–H groups in total. The summed E-state index contributed by atoms with van der Waals surface area (Å²) in [5, 5.41) is 0. The van der Waals surface area contributed by atoms with Crippen LogP contribution in [0, 0.1) is 5.82 Å². The number of allylic oxidation sites excluding steroid dienone is 1. The minimum absolute atomic E-state index is 0.173. The first-order valence-corrected chi connectivity index (χ1v) is 13.8. The molecule has 3 heterocycles. The summed E-state index contributed by atoms with van der Waals surface area (Å²) in [4.78, 5) is 31.7. The minimum Gasteiger partial charge on any atom is -0.489 e. The van der Waals surface area contributed by atoms with Crippen molar-refractivity contribution in [3.63, 3.8) is 0 Å². The Morgan fingerprint density at radius 1 is 1.10 bits per heavy atom. The fourth-order valence-corrected chi connectivity index (χ4v) is 5.81. The molecule has 1 aromatic heterocycles. The van der Waals surface area contributed by atoms with E-state index in [0.29, 0.717) is 38.7 Å². The zero-order chi connectivity index (χ0) is 28.5. The first-order valence-electron chi connectivity index (χ1n) is 13.0. The van der Waals surface area contributed by atoms with E-state index in [1.54, 1.807) is 32.1 Å². The number of esters is 1. The molecule has 3 aromatic carbocycles. The molecule has 1 atom stereocenters. The lowest BCUT2D eigenvalue weighted by atomic mass is 9.96. The van der Waals surface area contributed by atoms with E-state index in [1.165, 1.54) is 28.0 Å². The van der Waals surface area contributed by atoms with Crippen molar-refractivity contribution < 1.29 is 28.1 Å². The highest BCUT2D eigenvalue weighted by Gasteiger charge is 2.33. The molecule has 0 unspecified atom stereocenters. The van der Waals surface area contributed by atoms with E-state index >= 15 is 0 Å². The van der Waals surface area contributed by atoms with Crippen LogP contribution in [-0.2, 0) is 16.1 Å². The second-order valence-electron chi connectivity index (χ2n) is 9.40. The van der Waals surface area contributed by atoms with Crippen LogP contribution in [0.2, 0.25) is 0 Å². The molecule has 2 aliphatic heterocycles. The smallest absolute Gasteiger partial charge is 0.338 e. The normalized spacial score (nSPS) is 15.9. The van der Waals surface area contributed by atoms with Crippen LogP contribution in [0.5, 0.6) is 17.2 Å². The van der Waals surface area contributed by atoms with Gasteiger partial charge in [0, 0.05) is 0 Å². The lowest BCUT2D eigenvalue weighted by Crippen LogP contribution is -2.39. The van der Waals surface area contributed by atoms with E-state index in [-0.39, 0.29) is 24.5 Å². The Balaban J connectivity index is 1.29. The number of thiazole rings is 1. The van der Waals surface area contributed by atoms with Crippen LogP contribution < -0.4 is 29.1 Å². The van der Waals surface area contributed by atoms with Crippen molar-refractivity contribution in [2.45, 2.75) is 26.5 Å². The summed E-state index contributed by atoms with van der Waals surface area (Å²) >= 11 is 1.23. The number of nitrogens with zero attached hydrogens (tertiary/aromatic N) is 2. The van der Waals surface area contributed by atoms with Crippen LogP contribution in [0.25, 0.3) is 6.08 Å². The van der Waals surface area contributed by atoms with E-state index in [0.717, 1.165) is 16.9 Å². The quantitative estimate of drug-likeness (QED) is 0.308. The molecule has 41 heavy (non-hydrogen) atoms. The third kappa shape index (κ3) is 5.26. The molecule has 0 saturated carbocycles. The van der Waals surface area contributed by atoms with Gasteiger partial charge in [-0.1, -0.05) is 41.7 Å². The Hall–Kier alpha value is -4.70. The molecule has 2 aliphatic rings. The lowest BCUT2D eigenvalue weighted by molar-refractivity contribution is -0.139.